The molecule has 16 heavy (non-hydrogen) atoms. The molecule has 2 aliphatic rings. The molecule has 0 aromatic heterocycles. The predicted octanol–water partition coefficient (Wildman–Crippen LogP) is 3.70. The summed E-state index contributed by atoms with van der Waals surface area (Å²) >= 11 is 0. The second kappa shape index (κ2) is 4.75. The van der Waals surface area contributed by atoms with E-state index in [-0.39, 0.29) is 6.61 Å². The molecule has 2 aliphatic carbocycles. The molecular weight excluding hydrogens is 196 g/mol. The maximum Gasteiger partial charge on any atom is 0.0639 e. The zero-order chi connectivity index (χ0) is 11.7. The molecule has 2 rings (SSSR count). The maximum atomic E-state index is 9.14. The standard InChI is InChI=1S/C15H24O/c1-10(9-16)8-13-6-4-11(2)14-7-5-12(3)15(13)14/h8,11,13-14,16H,4-7,9H2,1-3H3/b10-8+/t11-,13-,14+/m0/s1. The van der Waals surface area contributed by atoms with Crippen LogP contribution in [-0.4, -0.2) is 11.7 Å². The van der Waals surface area contributed by atoms with Crippen molar-refractivity contribution in [3.05, 3.63) is 22.8 Å². The summed E-state index contributed by atoms with van der Waals surface area (Å²) < 4.78 is 0. The van der Waals surface area contributed by atoms with Gasteiger partial charge < -0.3 is 5.11 Å². The fraction of sp³-hybridized carbons (Fsp3) is 0.733. The van der Waals surface area contributed by atoms with Crippen LogP contribution in [0.15, 0.2) is 22.8 Å². The number of hydrogen-bond acceptors (Lipinski definition) is 1. The molecule has 0 saturated heterocycles. The van der Waals surface area contributed by atoms with E-state index in [1.165, 1.54) is 25.7 Å². The Hall–Kier alpha value is -0.560. The number of aliphatic hydroxyl groups excluding tert-OH is 1. The first-order chi connectivity index (χ1) is 7.63. The third kappa shape index (κ3) is 2.10. The van der Waals surface area contributed by atoms with Crippen LogP contribution in [0.25, 0.3) is 0 Å². The van der Waals surface area contributed by atoms with Crippen molar-refractivity contribution in [1.82, 2.24) is 0 Å². The molecule has 0 bridgehead atoms. The molecule has 0 unspecified atom stereocenters. The van der Waals surface area contributed by atoms with Crippen LogP contribution in [0.4, 0.5) is 0 Å². The normalized spacial score (nSPS) is 35.5. The van der Waals surface area contributed by atoms with Gasteiger partial charge in [0.2, 0.25) is 0 Å². The van der Waals surface area contributed by atoms with Gasteiger partial charge in [-0.3, -0.25) is 0 Å². The quantitative estimate of drug-likeness (QED) is 0.704. The Morgan fingerprint density at radius 3 is 2.81 bits per heavy atom. The molecule has 0 aromatic rings. The molecule has 1 nitrogen and oxygen atoms in total. The Labute approximate surface area is 99.3 Å². The maximum absolute atomic E-state index is 9.14. The van der Waals surface area contributed by atoms with E-state index in [0.717, 1.165) is 17.4 Å². The highest BCUT2D eigenvalue weighted by Crippen LogP contribution is 2.48. The van der Waals surface area contributed by atoms with Crippen LogP contribution >= 0.6 is 0 Å². The third-order valence-corrected chi connectivity index (χ3v) is 4.48. The van der Waals surface area contributed by atoms with Crippen LogP contribution in [0.3, 0.4) is 0 Å². The number of aliphatic hydroxyl groups is 1. The molecule has 1 N–H and O–H groups in total. The van der Waals surface area contributed by atoms with Crippen molar-refractivity contribution in [1.29, 1.82) is 0 Å². The van der Waals surface area contributed by atoms with Gasteiger partial charge in [0.1, 0.15) is 0 Å². The van der Waals surface area contributed by atoms with Gasteiger partial charge in [0.25, 0.3) is 0 Å². The first kappa shape index (κ1) is 11.9. The van der Waals surface area contributed by atoms with Crippen molar-refractivity contribution in [2.75, 3.05) is 6.61 Å². The van der Waals surface area contributed by atoms with Crippen molar-refractivity contribution in [2.24, 2.45) is 17.8 Å². The van der Waals surface area contributed by atoms with Crippen LogP contribution < -0.4 is 0 Å². The minimum atomic E-state index is 0.211. The monoisotopic (exact) mass is 220 g/mol. The molecule has 0 aliphatic heterocycles. The minimum absolute atomic E-state index is 0.211. The lowest BCUT2D eigenvalue weighted by Gasteiger charge is -2.34. The van der Waals surface area contributed by atoms with Gasteiger partial charge in [-0.15, -0.1) is 0 Å². The fourth-order valence-electron chi connectivity index (χ4n) is 3.54. The van der Waals surface area contributed by atoms with Gasteiger partial charge in [0.15, 0.2) is 0 Å². The summed E-state index contributed by atoms with van der Waals surface area (Å²) in [6.45, 7) is 6.96. The van der Waals surface area contributed by atoms with E-state index in [0.29, 0.717) is 5.92 Å². The Morgan fingerprint density at radius 2 is 2.12 bits per heavy atom. The first-order valence-electron chi connectivity index (χ1n) is 6.61. The molecule has 1 heteroatoms. The Balaban J connectivity index is 2.24. The van der Waals surface area contributed by atoms with Gasteiger partial charge >= 0.3 is 0 Å². The zero-order valence-corrected chi connectivity index (χ0v) is 10.8. The second-order valence-corrected chi connectivity index (χ2v) is 5.71. The van der Waals surface area contributed by atoms with Crippen LogP contribution in [-0.2, 0) is 0 Å². The minimum Gasteiger partial charge on any atom is -0.392 e. The van der Waals surface area contributed by atoms with Gasteiger partial charge in [-0.1, -0.05) is 29.7 Å². The SMILES string of the molecule is CC1=C2[C@H](/C=C(\C)CO)CC[C@H](C)[C@H]2CC1. The molecule has 1 saturated carbocycles. The molecule has 0 amide bonds. The van der Waals surface area contributed by atoms with E-state index in [4.69, 9.17) is 5.11 Å². The van der Waals surface area contributed by atoms with Crippen LogP contribution in [0, 0.1) is 17.8 Å². The highest BCUT2D eigenvalue weighted by atomic mass is 16.3. The molecular formula is C15H24O. The third-order valence-electron chi connectivity index (χ3n) is 4.48. The van der Waals surface area contributed by atoms with Crippen LogP contribution in [0.5, 0.6) is 0 Å². The van der Waals surface area contributed by atoms with Gasteiger partial charge in [0.05, 0.1) is 6.61 Å². The van der Waals surface area contributed by atoms with E-state index in [1.54, 1.807) is 11.1 Å². The van der Waals surface area contributed by atoms with Gasteiger partial charge in [-0.05, 0) is 57.3 Å². The summed E-state index contributed by atoms with van der Waals surface area (Å²) in [6, 6.07) is 0. The predicted molar refractivity (Wildman–Crippen MR) is 68.2 cm³/mol. The smallest absolute Gasteiger partial charge is 0.0639 e. The van der Waals surface area contributed by atoms with Crippen molar-refractivity contribution in [2.45, 2.75) is 46.5 Å². The van der Waals surface area contributed by atoms with Crippen LogP contribution in [0.1, 0.15) is 46.5 Å². The van der Waals surface area contributed by atoms with Gasteiger partial charge in [-0.25, -0.2) is 0 Å². The first-order valence-corrected chi connectivity index (χ1v) is 6.61. The highest BCUT2D eigenvalue weighted by Gasteiger charge is 2.35. The summed E-state index contributed by atoms with van der Waals surface area (Å²) in [6.07, 6.45) is 7.60. The number of rotatable bonds is 2. The molecule has 0 heterocycles. The Kier molecular flexibility index (Phi) is 3.53. The Morgan fingerprint density at radius 1 is 1.38 bits per heavy atom. The highest BCUT2D eigenvalue weighted by molar-refractivity contribution is 5.30. The molecule has 0 spiro atoms. The number of hydrogen-bond donors (Lipinski definition) is 1. The van der Waals surface area contributed by atoms with Crippen LogP contribution in [0.2, 0.25) is 0 Å². The lowest BCUT2D eigenvalue weighted by molar-refractivity contribution is 0.296. The lowest BCUT2D eigenvalue weighted by Crippen LogP contribution is -2.23. The average Bonchev–Trinajstić information content (AvgIpc) is 2.66. The molecule has 3 atom stereocenters. The average molecular weight is 220 g/mol. The van der Waals surface area contributed by atoms with E-state index < -0.39 is 0 Å². The zero-order valence-electron chi connectivity index (χ0n) is 10.8. The van der Waals surface area contributed by atoms with Gasteiger partial charge in [-0.2, -0.15) is 0 Å². The summed E-state index contributed by atoms with van der Waals surface area (Å²) in [5.74, 6) is 2.32. The van der Waals surface area contributed by atoms with E-state index in [2.05, 4.69) is 19.9 Å². The summed E-state index contributed by atoms with van der Waals surface area (Å²) in [5, 5.41) is 9.14. The number of fused-ring (bicyclic) bond motifs is 1. The summed E-state index contributed by atoms with van der Waals surface area (Å²) in [4.78, 5) is 0. The molecule has 1 fully saturated rings. The summed E-state index contributed by atoms with van der Waals surface area (Å²) in [5.41, 5.74) is 4.47. The lowest BCUT2D eigenvalue weighted by atomic mass is 9.71. The summed E-state index contributed by atoms with van der Waals surface area (Å²) in [7, 11) is 0. The second-order valence-electron chi connectivity index (χ2n) is 5.71. The number of allylic oxidation sites excluding steroid dienone is 3. The van der Waals surface area contributed by atoms with Crippen molar-refractivity contribution >= 4 is 0 Å². The van der Waals surface area contributed by atoms with Crippen molar-refractivity contribution in [3.63, 3.8) is 0 Å². The van der Waals surface area contributed by atoms with Gasteiger partial charge in [0, 0.05) is 0 Å². The van der Waals surface area contributed by atoms with E-state index in [9.17, 15) is 0 Å². The largest absolute Gasteiger partial charge is 0.392 e. The Bertz CT molecular complexity index is 324. The van der Waals surface area contributed by atoms with Crippen molar-refractivity contribution < 1.29 is 5.11 Å². The topological polar surface area (TPSA) is 20.2 Å². The van der Waals surface area contributed by atoms with E-state index >= 15 is 0 Å². The molecule has 90 valence electrons. The van der Waals surface area contributed by atoms with Crippen molar-refractivity contribution in [3.8, 4) is 0 Å². The fourth-order valence-corrected chi connectivity index (χ4v) is 3.54. The molecule has 0 radical (unpaired) electrons. The van der Waals surface area contributed by atoms with E-state index in [1.807, 2.05) is 6.92 Å². The molecule has 0 aromatic carbocycles.